The van der Waals surface area contributed by atoms with Crippen LogP contribution in [0.3, 0.4) is 0 Å². The van der Waals surface area contributed by atoms with E-state index in [1.807, 2.05) is 0 Å². The van der Waals surface area contributed by atoms with Gasteiger partial charge in [-0.15, -0.1) is 0 Å². The Hall–Kier alpha value is -1.55. The van der Waals surface area contributed by atoms with Crippen molar-refractivity contribution in [2.24, 2.45) is 5.73 Å². The first-order chi connectivity index (χ1) is 7.02. The number of hydrogen-bond donors (Lipinski definition) is 2. The van der Waals surface area contributed by atoms with Crippen LogP contribution in [0.4, 0.5) is 0 Å². The maximum atomic E-state index is 10.8. The molecule has 0 aromatic heterocycles. The number of benzene rings is 1. The third-order valence-corrected chi connectivity index (χ3v) is 2.07. The second-order valence-electron chi connectivity index (χ2n) is 3.38. The molecule has 0 bridgehead atoms. The standard InChI is InChI=1S/C11H15NO3/c1-7(13)9-5-3-4-6-10(9)15-8(2)11(12)14/h3-8,13H,1-2H3,(H2,12,14)/t7-,8?/m1/s1. The largest absolute Gasteiger partial charge is 0.481 e. The first kappa shape index (κ1) is 11.5. The molecule has 0 heterocycles. The minimum Gasteiger partial charge on any atom is -0.481 e. The van der Waals surface area contributed by atoms with Gasteiger partial charge in [0.1, 0.15) is 5.75 Å². The van der Waals surface area contributed by atoms with Gasteiger partial charge >= 0.3 is 0 Å². The number of ether oxygens (including phenoxy) is 1. The van der Waals surface area contributed by atoms with Crippen LogP contribution < -0.4 is 10.5 Å². The molecule has 0 spiro atoms. The lowest BCUT2D eigenvalue weighted by atomic mass is 10.1. The van der Waals surface area contributed by atoms with E-state index in [9.17, 15) is 9.90 Å². The number of aliphatic hydroxyl groups is 1. The van der Waals surface area contributed by atoms with Gasteiger partial charge in [0, 0.05) is 5.56 Å². The lowest BCUT2D eigenvalue weighted by molar-refractivity contribution is -0.124. The average molecular weight is 209 g/mol. The van der Waals surface area contributed by atoms with Crippen LogP contribution in [0.15, 0.2) is 24.3 Å². The Morgan fingerprint density at radius 3 is 2.53 bits per heavy atom. The SMILES string of the molecule is CC(Oc1ccccc1[C@@H](C)O)C(N)=O. The van der Waals surface area contributed by atoms with Gasteiger partial charge in [-0.25, -0.2) is 0 Å². The van der Waals surface area contributed by atoms with Crippen LogP contribution in [-0.2, 0) is 4.79 Å². The molecule has 0 saturated carbocycles. The normalized spacial score (nSPS) is 14.3. The van der Waals surface area contributed by atoms with Crippen molar-refractivity contribution in [2.45, 2.75) is 26.1 Å². The van der Waals surface area contributed by atoms with Crippen LogP contribution in [0.25, 0.3) is 0 Å². The van der Waals surface area contributed by atoms with Crippen LogP contribution in [0.1, 0.15) is 25.5 Å². The fourth-order valence-electron chi connectivity index (χ4n) is 1.18. The first-order valence-corrected chi connectivity index (χ1v) is 4.75. The summed E-state index contributed by atoms with van der Waals surface area (Å²) in [6, 6.07) is 7.01. The maximum Gasteiger partial charge on any atom is 0.258 e. The molecule has 82 valence electrons. The molecule has 15 heavy (non-hydrogen) atoms. The minimum absolute atomic E-state index is 0.485. The Morgan fingerprint density at radius 1 is 1.40 bits per heavy atom. The Kier molecular flexibility index (Phi) is 3.68. The van der Waals surface area contributed by atoms with Crippen LogP contribution >= 0.6 is 0 Å². The van der Waals surface area contributed by atoms with E-state index in [1.54, 1.807) is 38.1 Å². The van der Waals surface area contributed by atoms with Gasteiger partial charge in [-0.05, 0) is 19.9 Å². The molecule has 0 fully saturated rings. The molecule has 1 unspecified atom stereocenters. The molecule has 1 rings (SSSR count). The van der Waals surface area contributed by atoms with Crippen molar-refractivity contribution in [1.82, 2.24) is 0 Å². The number of carbonyl (C=O) groups is 1. The predicted octanol–water partition coefficient (Wildman–Crippen LogP) is 0.992. The van der Waals surface area contributed by atoms with E-state index in [1.165, 1.54) is 0 Å². The summed E-state index contributed by atoms with van der Waals surface area (Å²) in [6.45, 7) is 3.21. The summed E-state index contributed by atoms with van der Waals surface area (Å²) in [5.41, 5.74) is 5.73. The highest BCUT2D eigenvalue weighted by molar-refractivity contribution is 5.78. The van der Waals surface area contributed by atoms with Gasteiger partial charge in [0.15, 0.2) is 6.10 Å². The summed E-state index contributed by atoms with van der Waals surface area (Å²) in [4.78, 5) is 10.8. The van der Waals surface area contributed by atoms with Crippen LogP contribution in [0, 0.1) is 0 Å². The van der Waals surface area contributed by atoms with Crippen LogP contribution in [0.2, 0.25) is 0 Å². The Morgan fingerprint density at radius 2 is 2.00 bits per heavy atom. The van der Waals surface area contributed by atoms with Gasteiger partial charge in [-0.1, -0.05) is 18.2 Å². The maximum absolute atomic E-state index is 10.8. The number of rotatable bonds is 4. The Balaban J connectivity index is 2.89. The molecule has 0 radical (unpaired) electrons. The third kappa shape index (κ3) is 2.95. The lowest BCUT2D eigenvalue weighted by Gasteiger charge is -2.16. The summed E-state index contributed by atoms with van der Waals surface area (Å²) in [5, 5.41) is 9.46. The summed E-state index contributed by atoms with van der Waals surface area (Å²) in [6.07, 6.45) is -1.34. The van der Waals surface area contributed by atoms with E-state index in [0.29, 0.717) is 11.3 Å². The molecule has 4 heteroatoms. The van der Waals surface area contributed by atoms with Crippen molar-refractivity contribution in [3.05, 3.63) is 29.8 Å². The number of para-hydroxylation sites is 1. The van der Waals surface area contributed by atoms with Gasteiger partial charge in [0.2, 0.25) is 0 Å². The molecular weight excluding hydrogens is 194 g/mol. The lowest BCUT2D eigenvalue weighted by Crippen LogP contribution is -2.31. The van der Waals surface area contributed by atoms with E-state index >= 15 is 0 Å². The van der Waals surface area contributed by atoms with E-state index in [0.717, 1.165) is 0 Å². The van der Waals surface area contributed by atoms with E-state index in [2.05, 4.69) is 0 Å². The van der Waals surface area contributed by atoms with E-state index < -0.39 is 18.1 Å². The minimum atomic E-state index is -0.704. The molecule has 4 nitrogen and oxygen atoms in total. The van der Waals surface area contributed by atoms with Crippen molar-refractivity contribution in [2.75, 3.05) is 0 Å². The fourth-order valence-corrected chi connectivity index (χ4v) is 1.18. The van der Waals surface area contributed by atoms with Gasteiger partial charge < -0.3 is 15.6 Å². The van der Waals surface area contributed by atoms with Crippen molar-refractivity contribution < 1.29 is 14.6 Å². The van der Waals surface area contributed by atoms with E-state index in [4.69, 9.17) is 10.5 Å². The number of primary amides is 1. The molecule has 1 aromatic carbocycles. The number of amides is 1. The highest BCUT2D eigenvalue weighted by atomic mass is 16.5. The molecule has 1 aromatic rings. The highest BCUT2D eigenvalue weighted by Gasteiger charge is 2.14. The van der Waals surface area contributed by atoms with Crippen LogP contribution in [-0.4, -0.2) is 17.1 Å². The Bertz CT molecular complexity index is 349. The molecule has 1 amide bonds. The van der Waals surface area contributed by atoms with Crippen molar-refractivity contribution in [1.29, 1.82) is 0 Å². The summed E-state index contributed by atoms with van der Waals surface area (Å²) in [7, 11) is 0. The molecule has 0 aliphatic carbocycles. The Labute approximate surface area is 88.7 Å². The molecule has 2 atom stereocenters. The zero-order valence-electron chi connectivity index (χ0n) is 8.81. The van der Waals surface area contributed by atoms with Gasteiger partial charge in [0.25, 0.3) is 5.91 Å². The molecule has 0 aliphatic heterocycles. The smallest absolute Gasteiger partial charge is 0.258 e. The second kappa shape index (κ2) is 4.79. The number of hydrogen-bond acceptors (Lipinski definition) is 3. The van der Waals surface area contributed by atoms with E-state index in [-0.39, 0.29) is 0 Å². The predicted molar refractivity (Wildman–Crippen MR) is 56.4 cm³/mol. The topological polar surface area (TPSA) is 72.6 Å². The van der Waals surface area contributed by atoms with Crippen molar-refractivity contribution >= 4 is 5.91 Å². The monoisotopic (exact) mass is 209 g/mol. The number of carbonyl (C=O) groups excluding carboxylic acids is 1. The zero-order chi connectivity index (χ0) is 11.4. The average Bonchev–Trinajstić information content (AvgIpc) is 2.18. The van der Waals surface area contributed by atoms with Gasteiger partial charge in [-0.3, -0.25) is 4.79 Å². The number of aliphatic hydroxyl groups excluding tert-OH is 1. The quantitative estimate of drug-likeness (QED) is 0.776. The molecular formula is C11H15NO3. The third-order valence-electron chi connectivity index (χ3n) is 2.07. The molecule has 0 saturated heterocycles. The molecule has 0 aliphatic rings. The van der Waals surface area contributed by atoms with Crippen molar-refractivity contribution in [3.63, 3.8) is 0 Å². The zero-order valence-corrected chi connectivity index (χ0v) is 8.81. The molecule has 3 N–H and O–H groups in total. The summed E-state index contributed by atoms with van der Waals surface area (Å²) >= 11 is 0. The second-order valence-corrected chi connectivity index (χ2v) is 3.38. The summed E-state index contributed by atoms with van der Waals surface area (Å²) in [5.74, 6) is -0.0470. The fraction of sp³-hybridized carbons (Fsp3) is 0.364. The van der Waals surface area contributed by atoms with Gasteiger partial charge in [-0.2, -0.15) is 0 Å². The number of nitrogens with two attached hydrogens (primary N) is 1. The van der Waals surface area contributed by atoms with Crippen molar-refractivity contribution in [3.8, 4) is 5.75 Å². The summed E-state index contributed by atoms with van der Waals surface area (Å²) < 4.78 is 5.33. The van der Waals surface area contributed by atoms with Crippen LogP contribution in [0.5, 0.6) is 5.75 Å². The van der Waals surface area contributed by atoms with Gasteiger partial charge in [0.05, 0.1) is 6.10 Å². The first-order valence-electron chi connectivity index (χ1n) is 4.75. The highest BCUT2D eigenvalue weighted by Crippen LogP contribution is 2.25.